The number of nitrogens with two attached hydrogens (primary N) is 1. The van der Waals surface area contributed by atoms with Gasteiger partial charge in [-0.05, 0) is 13.8 Å². The Morgan fingerprint density at radius 2 is 2.27 bits per heavy atom. The molecule has 0 amide bonds. The topological polar surface area (TPSA) is 56.7 Å². The van der Waals surface area contributed by atoms with Gasteiger partial charge in [0, 0.05) is 19.5 Å². The molecule has 0 aliphatic heterocycles. The third kappa shape index (κ3) is 2.01. The highest BCUT2D eigenvalue weighted by molar-refractivity contribution is 4.91. The first-order chi connectivity index (χ1) is 5.09. The molecular weight excluding hydrogens is 140 g/mol. The van der Waals surface area contributed by atoms with Crippen LogP contribution < -0.4 is 5.73 Å². The van der Waals surface area contributed by atoms with Crippen LogP contribution in [0.4, 0.5) is 0 Å². The predicted molar refractivity (Wildman–Crippen MR) is 43.1 cm³/mol. The maximum absolute atomic E-state index is 5.59. The smallest absolute Gasteiger partial charge is 0.152 e. The van der Waals surface area contributed by atoms with Crippen LogP contribution in [0.5, 0.6) is 0 Å². The molecule has 0 spiro atoms. The van der Waals surface area contributed by atoms with Crippen molar-refractivity contribution in [3.8, 4) is 0 Å². The summed E-state index contributed by atoms with van der Waals surface area (Å²) in [4.78, 5) is 4.22. The molecule has 0 aromatic carbocycles. The molecule has 0 saturated carbocycles. The number of aromatic nitrogens is 3. The minimum atomic E-state index is 0.136. The van der Waals surface area contributed by atoms with E-state index in [4.69, 9.17) is 5.73 Å². The summed E-state index contributed by atoms with van der Waals surface area (Å²) in [5, 5.41) is 4.18. The van der Waals surface area contributed by atoms with Crippen LogP contribution in [0.1, 0.15) is 18.6 Å². The van der Waals surface area contributed by atoms with Crippen molar-refractivity contribution in [3.63, 3.8) is 0 Å². The summed E-state index contributed by atoms with van der Waals surface area (Å²) in [6, 6.07) is 0.136. The first kappa shape index (κ1) is 8.20. The number of hydrogen-bond acceptors (Lipinski definition) is 3. The Morgan fingerprint density at radius 3 is 2.64 bits per heavy atom. The number of aryl methyl sites for hydroxylation is 2. The van der Waals surface area contributed by atoms with Gasteiger partial charge in [0.1, 0.15) is 5.82 Å². The summed E-state index contributed by atoms with van der Waals surface area (Å²) in [5.74, 6) is 1.76. The van der Waals surface area contributed by atoms with Crippen LogP contribution in [0.15, 0.2) is 0 Å². The van der Waals surface area contributed by atoms with Gasteiger partial charge in [0.15, 0.2) is 5.82 Å². The van der Waals surface area contributed by atoms with Crippen molar-refractivity contribution in [3.05, 3.63) is 11.6 Å². The van der Waals surface area contributed by atoms with Crippen LogP contribution in [0.25, 0.3) is 0 Å². The highest BCUT2D eigenvalue weighted by Crippen LogP contribution is 1.96. The van der Waals surface area contributed by atoms with Crippen molar-refractivity contribution < 1.29 is 0 Å². The minimum Gasteiger partial charge on any atom is -0.328 e. The zero-order valence-electron chi connectivity index (χ0n) is 7.20. The molecule has 1 rings (SSSR count). The van der Waals surface area contributed by atoms with E-state index in [1.54, 1.807) is 4.68 Å². The van der Waals surface area contributed by atoms with Crippen molar-refractivity contribution >= 4 is 0 Å². The number of rotatable bonds is 2. The third-order valence-corrected chi connectivity index (χ3v) is 1.53. The minimum absolute atomic E-state index is 0.136. The van der Waals surface area contributed by atoms with Gasteiger partial charge in [0.05, 0.1) is 0 Å². The fourth-order valence-electron chi connectivity index (χ4n) is 0.901. The normalized spacial score (nSPS) is 13.5. The molecule has 0 saturated heterocycles. The fourth-order valence-corrected chi connectivity index (χ4v) is 0.901. The third-order valence-electron chi connectivity index (χ3n) is 1.53. The Labute approximate surface area is 66.4 Å². The molecule has 4 nitrogen and oxygen atoms in total. The van der Waals surface area contributed by atoms with Crippen molar-refractivity contribution in [1.29, 1.82) is 0 Å². The first-order valence-electron chi connectivity index (χ1n) is 3.71. The molecule has 1 aromatic heterocycles. The van der Waals surface area contributed by atoms with E-state index in [9.17, 15) is 0 Å². The van der Waals surface area contributed by atoms with E-state index >= 15 is 0 Å². The summed E-state index contributed by atoms with van der Waals surface area (Å²) >= 11 is 0. The lowest BCUT2D eigenvalue weighted by molar-refractivity contribution is 0.675. The standard InChI is InChI=1S/C7H14N4/c1-5(8)4-7-9-6(2)11(3)10-7/h5H,4,8H2,1-3H3. The monoisotopic (exact) mass is 154 g/mol. The van der Waals surface area contributed by atoms with Gasteiger partial charge in [-0.1, -0.05) is 0 Å². The molecule has 0 bridgehead atoms. The first-order valence-corrected chi connectivity index (χ1v) is 3.71. The van der Waals surface area contributed by atoms with E-state index in [2.05, 4.69) is 10.1 Å². The van der Waals surface area contributed by atoms with E-state index in [0.29, 0.717) is 0 Å². The Kier molecular flexibility index (Phi) is 2.24. The lowest BCUT2D eigenvalue weighted by Crippen LogP contribution is -2.18. The average Bonchev–Trinajstić information content (AvgIpc) is 2.10. The van der Waals surface area contributed by atoms with Gasteiger partial charge >= 0.3 is 0 Å². The van der Waals surface area contributed by atoms with Gasteiger partial charge in [0.25, 0.3) is 0 Å². The van der Waals surface area contributed by atoms with Gasteiger partial charge in [-0.2, -0.15) is 5.10 Å². The molecule has 1 unspecified atom stereocenters. The Bertz CT molecular complexity index is 219. The molecule has 0 fully saturated rings. The second-order valence-electron chi connectivity index (χ2n) is 2.88. The number of nitrogens with zero attached hydrogens (tertiary/aromatic N) is 3. The van der Waals surface area contributed by atoms with E-state index in [1.165, 1.54) is 0 Å². The molecular formula is C7H14N4. The van der Waals surface area contributed by atoms with Crippen LogP contribution in [0, 0.1) is 6.92 Å². The summed E-state index contributed by atoms with van der Waals surface area (Å²) in [5.41, 5.74) is 5.59. The maximum Gasteiger partial charge on any atom is 0.152 e. The lowest BCUT2D eigenvalue weighted by Gasteiger charge is -1.97. The molecule has 0 radical (unpaired) electrons. The van der Waals surface area contributed by atoms with Gasteiger partial charge < -0.3 is 5.73 Å². The zero-order valence-corrected chi connectivity index (χ0v) is 7.20. The van der Waals surface area contributed by atoms with Crippen molar-refractivity contribution in [2.45, 2.75) is 26.3 Å². The number of hydrogen-bond donors (Lipinski definition) is 1. The maximum atomic E-state index is 5.59. The van der Waals surface area contributed by atoms with Crippen LogP contribution in [-0.2, 0) is 13.5 Å². The van der Waals surface area contributed by atoms with E-state index in [-0.39, 0.29) is 6.04 Å². The van der Waals surface area contributed by atoms with Gasteiger partial charge in [-0.3, -0.25) is 4.68 Å². The molecule has 4 heteroatoms. The van der Waals surface area contributed by atoms with Gasteiger partial charge in [0.2, 0.25) is 0 Å². The molecule has 1 aromatic rings. The van der Waals surface area contributed by atoms with Gasteiger partial charge in [-0.25, -0.2) is 4.98 Å². The summed E-state index contributed by atoms with van der Waals surface area (Å²) in [6.45, 7) is 3.88. The predicted octanol–water partition coefficient (Wildman–Crippen LogP) is 0.0132. The molecule has 2 N–H and O–H groups in total. The summed E-state index contributed by atoms with van der Waals surface area (Å²) in [7, 11) is 1.88. The molecule has 62 valence electrons. The van der Waals surface area contributed by atoms with Crippen molar-refractivity contribution in [2.75, 3.05) is 0 Å². The van der Waals surface area contributed by atoms with E-state index in [0.717, 1.165) is 18.1 Å². The van der Waals surface area contributed by atoms with Crippen LogP contribution >= 0.6 is 0 Å². The second-order valence-corrected chi connectivity index (χ2v) is 2.88. The largest absolute Gasteiger partial charge is 0.328 e. The molecule has 1 heterocycles. The quantitative estimate of drug-likeness (QED) is 0.653. The SMILES string of the molecule is Cc1nc(CC(C)N)nn1C. The Morgan fingerprint density at radius 1 is 1.64 bits per heavy atom. The molecule has 11 heavy (non-hydrogen) atoms. The molecule has 0 aliphatic carbocycles. The van der Waals surface area contributed by atoms with E-state index in [1.807, 2.05) is 20.9 Å². The van der Waals surface area contributed by atoms with Crippen molar-refractivity contribution in [1.82, 2.24) is 14.8 Å². The lowest BCUT2D eigenvalue weighted by atomic mass is 10.2. The zero-order chi connectivity index (χ0) is 8.43. The summed E-state index contributed by atoms with van der Waals surface area (Å²) < 4.78 is 1.76. The van der Waals surface area contributed by atoms with Crippen LogP contribution in [-0.4, -0.2) is 20.8 Å². The van der Waals surface area contributed by atoms with Crippen LogP contribution in [0.2, 0.25) is 0 Å². The fraction of sp³-hybridized carbons (Fsp3) is 0.714. The molecule has 0 aliphatic rings. The Hall–Kier alpha value is -0.900. The van der Waals surface area contributed by atoms with Gasteiger partial charge in [-0.15, -0.1) is 0 Å². The second kappa shape index (κ2) is 3.00. The highest BCUT2D eigenvalue weighted by atomic mass is 15.3. The average molecular weight is 154 g/mol. The molecule has 1 atom stereocenters. The van der Waals surface area contributed by atoms with E-state index < -0.39 is 0 Å². The Balaban J connectivity index is 2.73. The van der Waals surface area contributed by atoms with Crippen LogP contribution in [0.3, 0.4) is 0 Å². The summed E-state index contributed by atoms with van der Waals surface area (Å²) in [6.07, 6.45) is 0.752. The van der Waals surface area contributed by atoms with Crippen molar-refractivity contribution in [2.24, 2.45) is 12.8 Å². The highest BCUT2D eigenvalue weighted by Gasteiger charge is 2.04.